The molecule has 0 aromatic carbocycles. The first-order valence-electron chi connectivity index (χ1n) is 3.87. The number of hydrogen-bond acceptors (Lipinski definition) is 2. The van der Waals surface area contributed by atoms with Gasteiger partial charge < -0.3 is 44.2 Å². The van der Waals surface area contributed by atoms with Crippen molar-refractivity contribution >= 4 is 11.8 Å². The summed E-state index contributed by atoms with van der Waals surface area (Å²) in [6.45, 7) is 3.57. The van der Waals surface area contributed by atoms with Gasteiger partial charge in [0.05, 0.1) is 11.8 Å². The second kappa shape index (κ2) is 19.6. The van der Waals surface area contributed by atoms with E-state index in [9.17, 15) is 9.59 Å². The molecule has 0 bridgehead atoms. The van der Waals surface area contributed by atoms with Crippen molar-refractivity contribution in [1.82, 2.24) is 0 Å². The summed E-state index contributed by atoms with van der Waals surface area (Å²) in [4.78, 5) is 20.0. The van der Waals surface area contributed by atoms with E-state index in [-0.39, 0.29) is 76.6 Å². The van der Waals surface area contributed by atoms with Gasteiger partial charge >= 0.3 is 40.8 Å². The summed E-state index contributed by atoms with van der Waals surface area (Å²) >= 11 is 0. The molecule has 0 unspecified atom stereocenters. The van der Waals surface area contributed by atoms with Crippen LogP contribution in [0.4, 0.5) is 0 Å². The molecule has 81 valence electrons. The summed E-state index contributed by atoms with van der Waals surface area (Å²) in [5.74, 6) is -0.0648. The minimum atomic E-state index is -0.0324. The van der Waals surface area contributed by atoms with Gasteiger partial charge in [0, 0.05) is 0 Å². The van der Waals surface area contributed by atoms with Crippen molar-refractivity contribution in [3.8, 4) is 0 Å². The van der Waals surface area contributed by atoms with Gasteiger partial charge in [-0.25, -0.2) is 0 Å². The summed E-state index contributed by atoms with van der Waals surface area (Å²) in [5.41, 5.74) is 0. The normalized spacial score (nSPS) is 6.57. The molecule has 0 aromatic rings. The fourth-order valence-corrected chi connectivity index (χ4v) is 0.316. The van der Waals surface area contributed by atoms with Crippen LogP contribution < -0.4 is 24.0 Å². The first kappa shape index (κ1) is 24.3. The number of carbonyl (C=O) groups excluding carboxylic acids is 2. The molecular formula is C8H16IN2NdO2. The second-order valence-electron chi connectivity index (χ2n) is 1.94. The van der Waals surface area contributed by atoms with E-state index in [0.717, 1.165) is 0 Å². The van der Waals surface area contributed by atoms with Gasteiger partial charge in [-0.3, -0.25) is 0 Å². The van der Waals surface area contributed by atoms with Crippen LogP contribution in [0.15, 0.2) is 0 Å². The zero-order valence-electron chi connectivity index (χ0n) is 9.00. The van der Waals surface area contributed by atoms with Gasteiger partial charge in [-0.15, -0.1) is 14.1 Å². The Bertz CT molecular complexity index is 117. The molecular weight excluding hydrogens is 427 g/mol. The molecule has 0 spiro atoms. The Hall–Kier alpha value is 1.02. The fraction of sp³-hybridized carbons (Fsp3) is 0.750. The van der Waals surface area contributed by atoms with Crippen LogP contribution in [-0.4, -0.2) is 25.9 Å². The Balaban J connectivity index is -0.0000000625. The molecule has 0 N–H and O–H groups in total. The van der Waals surface area contributed by atoms with E-state index in [2.05, 4.69) is 10.6 Å². The fourth-order valence-electron chi connectivity index (χ4n) is 0.316. The smallest absolute Gasteiger partial charge is 1.00 e. The van der Waals surface area contributed by atoms with E-state index in [1.54, 1.807) is 13.8 Å². The van der Waals surface area contributed by atoms with Crippen molar-refractivity contribution in [2.75, 3.05) is 14.1 Å². The quantitative estimate of drug-likeness (QED) is 0.507. The number of amides is 2. The summed E-state index contributed by atoms with van der Waals surface area (Å²) in [7, 11) is 3.01. The predicted octanol–water partition coefficient (Wildman–Crippen LogP) is -1.14. The molecule has 0 aromatic heterocycles. The molecule has 6 heteroatoms. The van der Waals surface area contributed by atoms with Gasteiger partial charge in [0.1, 0.15) is 0 Å². The van der Waals surface area contributed by atoms with Crippen molar-refractivity contribution < 1.29 is 74.4 Å². The summed E-state index contributed by atoms with van der Waals surface area (Å²) in [6.07, 6.45) is 1.05. The van der Waals surface area contributed by atoms with Gasteiger partial charge in [0.25, 0.3) is 0 Å². The van der Waals surface area contributed by atoms with Crippen molar-refractivity contribution in [3.63, 3.8) is 0 Å². The number of hydrogen-bond donors (Lipinski definition) is 0. The largest absolute Gasteiger partial charge is 3.00 e. The van der Waals surface area contributed by atoms with Crippen LogP contribution in [0, 0.1) is 40.8 Å². The van der Waals surface area contributed by atoms with Gasteiger partial charge in [0.15, 0.2) is 0 Å². The molecule has 0 atom stereocenters. The zero-order valence-corrected chi connectivity index (χ0v) is 14.4. The maximum atomic E-state index is 10.0. The molecule has 0 aliphatic carbocycles. The van der Waals surface area contributed by atoms with E-state index >= 15 is 0 Å². The molecule has 4 nitrogen and oxygen atoms in total. The zero-order chi connectivity index (χ0) is 9.98. The monoisotopic (exact) mass is 441 g/mol. The Morgan fingerprint density at radius 2 is 1.14 bits per heavy atom. The third-order valence-electron chi connectivity index (χ3n) is 1.10. The maximum absolute atomic E-state index is 10.0. The van der Waals surface area contributed by atoms with Gasteiger partial charge in [-0.2, -0.15) is 0 Å². The summed E-state index contributed by atoms with van der Waals surface area (Å²) in [6, 6.07) is 0. The molecule has 14 heavy (non-hydrogen) atoms. The summed E-state index contributed by atoms with van der Waals surface area (Å²) < 4.78 is 0. The Morgan fingerprint density at radius 1 is 0.929 bits per heavy atom. The van der Waals surface area contributed by atoms with Crippen LogP contribution in [0.2, 0.25) is 0 Å². The molecule has 0 fully saturated rings. The third kappa shape index (κ3) is 23.1. The molecule has 0 aliphatic rings. The van der Waals surface area contributed by atoms with E-state index in [4.69, 9.17) is 0 Å². The Morgan fingerprint density at radius 3 is 1.14 bits per heavy atom. The van der Waals surface area contributed by atoms with Crippen LogP contribution in [0.3, 0.4) is 0 Å². The van der Waals surface area contributed by atoms with E-state index in [0.29, 0.717) is 12.8 Å². The summed E-state index contributed by atoms with van der Waals surface area (Å²) in [5, 5.41) is 6.74. The molecule has 0 heterocycles. The average Bonchev–Trinajstić information content (AvgIpc) is 2.16. The number of halogens is 1. The molecule has 0 saturated carbocycles. The van der Waals surface area contributed by atoms with E-state index in [1.807, 2.05) is 0 Å². The minimum absolute atomic E-state index is 0. The average molecular weight is 443 g/mol. The van der Waals surface area contributed by atoms with Crippen molar-refractivity contribution in [2.45, 2.75) is 26.7 Å². The molecule has 0 saturated heterocycles. The Labute approximate surface area is 136 Å². The third-order valence-corrected chi connectivity index (χ3v) is 1.10. The first-order valence-corrected chi connectivity index (χ1v) is 3.87. The van der Waals surface area contributed by atoms with Crippen LogP contribution in [-0.2, 0) is 9.59 Å². The van der Waals surface area contributed by atoms with Crippen molar-refractivity contribution in [2.24, 2.45) is 0 Å². The van der Waals surface area contributed by atoms with Crippen LogP contribution >= 0.6 is 0 Å². The van der Waals surface area contributed by atoms with E-state index < -0.39 is 0 Å². The Kier molecular flexibility index (Phi) is 34.0. The molecule has 2 amide bonds. The van der Waals surface area contributed by atoms with Crippen LogP contribution in [0.1, 0.15) is 26.7 Å². The molecule has 0 rings (SSSR count). The van der Waals surface area contributed by atoms with Gasteiger partial charge in [0.2, 0.25) is 0 Å². The maximum Gasteiger partial charge on any atom is 3.00 e. The predicted molar refractivity (Wildman–Crippen MR) is 49.2 cm³/mol. The van der Waals surface area contributed by atoms with Crippen molar-refractivity contribution in [3.05, 3.63) is 10.6 Å². The van der Waals surface area contributed by atoms with E-state index in [1.165, 1.54) is 14.1 Å². The number of rotatable bonds is 2. The first-order chi connectivity index (χ1) is 5.62. The van der Waals surface area contributed by atoms with Crippen LogP contribution in [0.5, 0.6) is 0 Å². The second-order valence-corrected chi connectivity index (χ2v) is 1.94. The SMILES string of the molecule is CCC(=O)[N-]C.CCC(=O)[N-]C.[I-].[Nd+3]. The van der Waals surface area contributed by atoms with Gasteiger partial charge in [-0.05, 0) is 12.8 Å². The minimum Gasteiger partial charge on any atom is -1.00 e. The molecule has 1 radical (unpaired) electrons. The van der Waals surface area contributed by atoms with Crippen molar-refractivity contribution in [1.29, 1.82) is 0 Å². The molecule has 0 aliphatic heterocycles. The topological polar surface area (TPSA) is 62.3 Å². The standard InChI is InChI=1S/2C4H9NO.HI.Nd/c2*1-3-4(6)5-2;;/h2*3H2,1-2H3,(H,5,6);1H;/q;;;+3/p-3. The number of nitrogens with zero attached hydrogens (tertiary/aromatic N) is 2. The van der Waals surface area contributed by atoms with Crippen LogP contribution in [0.25, 0.3) is 10.6 Å². The van der Waals surface area contributed by atoms with Gasteiger partial charge in [-0.1, -0.05) is 13.8 Å². The number of carbonyl (C=O) groups is 2.